The third-order valence-electron chi connectivity index (χ3n) is 5.99. The number of hydrogen-bond donors (Lipinski definition) is 3. The molecule has 0 spiro atoms. The van der Waals surface area contributed by atoms with Gasteiger partial charge in [0.15, 0.2) is 0 Å². The van der Waals surface area contributed by atoms with Crippen LogP contribution >= 0.6 is 22.6 Å². The topological polar surface area (TPSA) is 108 Å². The van der Waals surface area contributed by atoms with Gasteiger partial charge in [-0.2, -0.15) is 0 Å². The van der Waals surface area contributed by atoms with Gasteiger partial charge in [-0.3, -0.25) is 9.69 Å². The van der Waals surface area contributed by atoms with Crippen molar-refractivity contribution in [2.75, 3.05) is 13.2 Å². The molecule has 0 radical (unpaired) electrons. The van der Waals surface area contributed by atoms with E-state index in [4.69, 9.17) is 9.84 Å². The SMILES string of the molecule is O=C1NC(c2ccc(OCCO)cc2)C(=O)N1[C@H](c1ncc(-c2ccc(I)cc2F)[nH]1)C1CC1. The number of carbonyl (C=O) groups excluding carboxylic acids is 2. The zero-order valence-corrected chi connectivity index (χ0v) is 20.2. The van der Waals surface area contributed by atoms with E-state index in [-0.39, 0.29) is 30.9 Å². The monoisotopic (exact) mass is 576 g/mol. The first-order valence-electron chi connectivity index (χ1n) is 10.9. The van der Waals surface area contributed by atoms with Crippen LogP contribution in [-0.2, 0) is 4.79 Å². The first-order valence-corrected chi connectivity index (χ1v) is 12.0. The summed E-state index contributed by atoms with van der Waals surface area (Å²) < 4.78 is 20.6. The molecule has 0 bridgehead atoms. The Morgan fingerprint density at radius 1 is 1.21 bits per heavy atom. The summed E-state index contributed by atoms with van der Waals surface area (Å²) in [5.41, 5.74) is 1.51. The van der Waals surface area contributed by atoms with Crippen LogP contribution in [0.25, 0.3) is 11.3 Å². The largest absolute Gasteiger partial charge is 0.491 e. The predicted molar refractivity (Wildman–Crippen MR) is 129 cm³/mol. The van der Waals surface area contributed by atoms with Gasteiger partial charge in [0, 0.05) is 9.13 Å². The normalized spacial score (nSPS) is 18.8. The zero-order chi connectivity index (χ0) is 23.8. The summed E-state index contributed by atoms with van der Waals surface area (Å²) in [6.07, 6.45) is 3.28. The molecule has 3 amide bonds. The summed E-state index contributed by atoms with van der Waals surface area (Å²) in [5, 5.41) is 11.7. The number of ether oxygens (including phenoxy) is 1. The molecule has 34 heavy (non-hydrogen) atoms. The quantitative estimate of drug-likeness (QED) is 0.278. The molecule has 1 saturated heterocycles. The predicted octanol–water partition coefficient (Wildman–Crippen LogP) is 3.94. The van der Waals surface area contributed by atoms with Crippen molar-refractivity contribution in [2.24, 2.45) is 5.92 Å². The number of H-pyrrole nitrogens is 1. The van der Waals surface area contributed by atoms with Crippen molar-refractivity contribution in [1.82, 2.24) is 20.2 Å². The highest BCUT2D eigenvalue weighted by Gasteiger charge is 2.49. The number of aromatic amines is 1. The van der Waals surface area contributed by atoms with Crippen molar-refractivity contribution in [3.05, 3.63) is 69.4 Å². The number of halogens is 2. The molecule has 3 N–H and O–H groups in total. The smallest absolute Gasteiger partial charge is 0.325 e. The van der Waals surface area contributed by atoms with Gasteiger partial charge < -0.3 is 20.1 Å². The van der Waals surface area contributed by atoms with E-state index in [1.807, 2.05) is 22.6 Å². The van der Waals surface area contributed by atoms with Crippen molar-refractivity contribution in [3.63, 3.8) is 0 Å². The second-order valence-electron chi connectivity index (χ2n) is 8.32. The maximum absolute atomic E-state index is 14.5. The molecule has 2 aromatic carbocycles. The van der Waals surface area contributed by atoms with Gasteiger partial charge in [0.1, 0.15) is 36.1 Å². The molecule has 5 rings (SSSR count). The summed E-state index contributed by atoms with van der Waals surface area (Å²) >= 11 is 2.05. The lowest BCUT2D eigenvalue weighted by atomic mass is 10.1. The Kier molecular flexibility index (Phi) is 6.26. The van der Waals surface area contributed by atoms with E-state index in [1.54, 1.807) is 36.4 Å². The van der Waals surface area contributed by atoms with Crippen molar-refractivity contribution in [3.8, 4) is 17.0 Å². The van der Waals surface area contributed by atoms with Gasteiger partial charge in [0.25, 0.3) is 5.91 Å². The van der Waals surface area contributed by atoms with Crippen molar-refractivity contribution >= 4 is 34.5 Å². The Morgan fingerprint density at radius 3 is 2.65 bits per heavy atom. The average molecular weight is 576 g/mol. The van der Waals surface area contributed by atoms with E-state index in [9.17, 15) is 14.0 Å². The van der Waals surface area contributed by atoms with Crippen LogP contribution in [-0.4, -0.2) is 45.1 Å². The van der Waals surface area contributed by atoms with Gasteiger partial charge in [0.2, 0.25) is 0 Å². The first kappa shape index (κ1) is 22.8. The second kappa shape index (κ2) is 9.34. The molecule has 2 fully saturated rings. The van der Waals surface area contributed by atoms with Gasteiger partial charge in [0.05, 0.1) is 18.5 Å². The fraction of sp³-hybridized carbons (Fsp3) is 0.292. The Bertz CT molecular complexity index is 1230. The Hall–Kier alpha value is -2.99. The minimum absolute atomic E-state index is 0.0961. The van der Waals surface area contributed by atoms with E-state index < -0.39 is 18.1 Å². The molecular formula is C24H22FIN4O4. The van der Waals surface area contributed by atoms with Gasteiger partial charge in [-0.05, 0) is 77.2 Å². The number of aliphatic hydroxyl groups is 1. The third-order valence-corrected chi connectivity index (χ3v) is 6.66. The van der Waals surface area contributed by atoms with Crippen LogP contribution in [0.5, 0.6) is 5.75 Å². The number of nitrogens with one attached hydrogen (secondary N) is 2. The summed E-state index contributed by atoms with van der Waals surface area (Å²) in [6, 6.07) is 9.90. The minimum atomic E-state index is -0.816. The van der Waals surface area contributed by atoms with Crippen LogP contribution in [0.1, 0.15) is 36.3 Å². The van der Waals surface area contributed by atoms with E-state index in [0.29, 0.717) is 28.4 Å². The molecule has 1 aliphatic heterocycles. The van der Waals surface area contributed by atoms with Gasteiger partial charge >= 0.3 is 6.03 Å². The lowest BCUT2D eigenvalue weighted by Crippen LogP contribution is -2.36. The van der Waals surface area contributed by atoms with E-state index in [2.05, 4.69) is 15.3 Å². The number of imidazole rings is 1. The number of rotatable bonds is 8. The fourth-order valence-electron chi connectivity index (χ4n) is 4.20. The second-order valence-corrected chi connectivity index (χ2v) is 9.57. The highest BCUT2D eigenvalue weighted by Crippen LogP contribution is 2.46. The lowest BCUT2D eigenvalue weighted by molar-refractivity contribution is -0.129. The summed E-state index contributed by atoms with van der Waals surface area (Å²) in [6.45, 7) is 0.0771. The van der Waals surface area contributed by atoms with E-state index in [1.165, 1.54) is 17.2 Å². The van der Waals surface area contributed by atoms with Gasteiger partial charge in [-0.1, -0.05) is 12.1 Å². The maximum atomic E-state index is 14.5. The molecule has 1 saturated carbocycles. The zero-order valence-electron chi connectivity index (χ0n) is 18.0. The minimum Gasteiger partial charge on any atom is -0.491 e. The molecule has 1 unspecified atom stereocenters. The average Bonchev–Trinajstić information content (AvgIpc) is 3.48. The number of carbonyl (C=O) groups is 2. The summed E-state index contributed by atoms with van der Waals surface area (Å²) in [4.78, 5) is 35.1. The number of imide groups is 1. The van der Waals surface area contributed by atoms with Gasteiger partial charge in [-0.25, -0.2) is 14.2 Å². The number of nitrogens with zero attached hydrogens (tertiary/aromatic N) is 2. The molecule has 2 heterocycles. The van der Waals surface area contributed by atoms with Crippen molar-refractivity contribution in [1.29, 1.82) is 0 Å². The Balaban J connectivity index is 1.40. The van der Waals surface area contributed by atoms with Crippen LogP contribution in [0.4, 0.5) is 9.18 Å². The molecular weight excluding hydrogens is 554 g/mol. The molecule has 10 heteroatoms. The Morgan fingerprint density at radius 2 is 1.97 bits per heavy atom. The number of urea groups is 1. The lowest BCUT2D eigenvalue weighted by Gasteiger charge is -2.23. The van der Waals surface area contributed by atoms with Crippen LogP contribution in [0.15, 0.2) is 48.7 Å². The number of amides is 3. The molecule has 1 aliphatic carbocycles. The molecule has 1 aromatic heterocycles. The molecule has 2 aliphatic rings. The number of hydrogen-bond acceptors (Lipinski definition) is 5. The van der Waals surface area contributed by atoms with Crippen LogP contribution < -0.4 is 10.1 Å². The Labute approximate surface area is 208 Å². The highest BCUT2D eigenvalue weighted by molar-refractivity contribution is 14.1. The fourth-order valence-corrected chi connectivity index (χ4v) is 4.66. The van der Waals surface area contributed by atoms with Crippen molar-refractivity contribution < 1.29 is 23.8 Å². The van der Waals surface area contributed by atoms with Crippen LogP contribution in [0.3, 0.4) is 0 Å². The van der Waals surface area contributed by atoms with Crippen LogP contribution in [0, 0.1) is 15.3 Å². The molecule has 2 atom stereocenters. The molecule has 8 nitrogen and oxygen atoms in total. The van der Waals surface area contributed by atoms with E-state index in [0.717, 1.165) is 16.4 Å². The van der Waals surface area contributed by atoms with E-state index >= 15 is 0 Å². The number of aliphatic hydroxyl groups excluding tert-OH is 1. The number of aromatic nitrogens is 2. The number of benzene rings is 2. The van der Waals surface area contributed by atoms with Crippen molar-refractivity contribution in [2.45, 2.75) is 24.9 Å². The standard InChI is InChI=1S/C24H22FIN4O4/c25-18-11-15(26)5-8-17(18)19-12-27-22(28-19)21(14-1-2-14)30-23(32)20(29-24(30)33)13-3-6-16(7-4-13)34-10-9-31/h3-8,11-12,14,20-21,31H,1-2,9-10H2,(H,27,28)(H,29,33)/t20?,21-/m0/s1. The molecule has 176 valence electrons. The highest BCUT2D eigenvalue weighted by atomic mass is 127. The summed E-state index contributed by atoms with van der Waals surface area (Å²) in [7, 11) is 0. The third kappa shape index (κ3) is 4.39. The first-order chi connectivity index (χ1) is 16.5. The maximum Gasteiger partial charge on any atom is 0.325 e. The molecule has 3 aromatic rings. The van der Waals surface area contributed by atoms with Gasteiger partial charge in [-0.15, -0.1) is 0 Å². The van der Waals surface area contributed by atoms with Crippen LogP contribution in [0.2, 0.25) is 0 Å². The summed E-state index contributed by atoms with van der Waals surface area (Å²) in [5.74, 6) is 0.403.